The lowest BCUT2D eigenvalue weighted by atomic mass is 10.1. The summed E-state index contributed by atoms with van der Waals surface area (Å²) < 4.78 is 2.38. The first-order valence-electron chi connectivity index (χ1n) is 10.5. The molecule has 2 aromatic heterocycles. The van der Waals surface area contributed by atoms with E-state index in [1.165, 1.54) is 52.4 Å². The van der Waals surface area contributed by atoms with E-state index in [1.54, 1.807) is 60.7 Å². The summed E-state index contributed by atoms with van der Waals surface area (Å²) in [6.07, 6.45) is 6.08. The number of benzene rings is 2. The highest BCUT2D eigenvalue weighted by molar-refractivity contribution is 6.34. The highest BCUT2D eigenvalue weighted by Gasteiger charge is 2.37. The standard InChI is InChI=1S/C26H17N3O6/c30-23-21-9-3-4-10-22(21)24(31)29(23)20-16-18(25(32)34-27-11-5-1-6-12-27)15-19(17-20)26(33)35-28-13-7-2-8-14-28/h1-17H/q+2. The normalized spacial score (nSPS) is 12.3. The van der Waals surface area contributed by atoms with Gasteiger partial charge in [-0.1, -0.05) is 24.3 Å². The Hall–Kier alpha value is -5.18. The molecule has 0 fully saturated rings. The largest absolute Gasteiger partial charge is 0.411 e. The Labute approximate surface area is 198 Å². The van der Waals surface area contributed by atoms with Crippen LogP contribution in [0.25, 0.3) is 0 Å². The second-order valence-electron chi connectivity index (χ2n) is 7.49. The van der Waals surface area contributed by atoms with E-state index in [4.69, 9.17) is 9.68 Å². The number of imide groups is 1. The zero-order chi connectivity index (χ0) is 24.4. The Morgan fingerprint density at radius 1 is 0.600 bits per heavy atom. The van der Waals surface area contributed by atoms with Crippen molar-refractivity contribution in [1.82, 2.24) is 0 Å². The van der Waals surface area contributed by atoms with Crippen LogP contribution in [0.2, 0.25) is 0 Å². The van der Waals surface area contributed by atoms with E-state index in [2.05, 4.69) is 0 Å². The Bertz CT molecular complexity index is 1360. The van der Waals surface area contributed by atoms with E-state index in [0.717, 1.165) is 4.90 Å². The molecule has 0 atom stereocenters. The summed E-state index contributed by atoms with van der Waals surface area (Å²) in [6, 6.07) is 20.5. The SMILES string of the molecule is O=C(O[n+]1ccccc1)c1cc(C(=O)O[n+]2ccccc2)cc(N2C(=O)c3ccccc3C2=O)c1. The molecule has 0 saturated carbocycles. The number of carbonyl (C=O) groups is 4. The Morgan fingerprint density at radius 3 is 1.46 bits per heavy atom. The first kappa shape index (κ1) is 21.7. The lowest BCUT2D eigenvalue weighted by Crippen LogP contribution is -2.45. The van der Waals surface area contributed by atoms with E-state index in [-0.39, 0.29) is 27.9 Å². The number of anilines is 1. The maximum absolute atomic E-state index is 13.0. The van der Waals surface area contributed by atoms with Gasteiger partial charge in [-0.3, -0.25) is 9.59 Å². The fourth-order valence-corrected chi connectivity index (χ4v) is 3.58. The predicted molar refractivity (Wildman–Crippen MR) is 119 cm³/mol. The van der Waals surface area contributed by atoms with Gasteiger partial charge in [0.2, 0.25) is 24.8 Å². The number of rotatable bonds is 5. The zero-order valence-electron chi connectivity index (χ0n) is 18.1. The summed E-state index contributed by atoms with van der Waals surface area (Å²) in [5.74, 6) is -2.74. The monoisotopic (exact) mass is 467 g/mol. The molecule has 1 aliphatic heterocycles. The minimum atomic E-state index is -0.805. The molecule has 0 aliphatic carbocycles. The molecule has 5 rings (SSSR count). The fraction of sp³-hybridized carbons (Fsp3) is 0. The molecule has 1 aliphatic rings. The van der Waals surface area contributed by atoms with Gasteiger partial charge in [0, 0.05) is 33.7 Å². The molecule has 0 radical (unpaired) electrons. The fourth-order valence-electron chi connectivity index (χ4n) is 3.58. The number of nitrogens with zero attached hydrogens (tertiary/aromatic N) is 3. The first-order valence-corrected chi connectivity index (χ1v) is 10.5. The maximum Gasteiger partial charge on any atom is 0.411 e. The van der Waals surface area contributed by atoms with E-state index in [1.807, 2.05) is 0 Å². The van der Waals surface area contributed by atoms with Crippen LogP contribution in [0, 0.1) is 0 Å². The molecule has 0 N–H and O–H groups in total. The molecule has 2 aromatic carbocycles. The van der Waals surface area contributed by atoms with Gasteiger partial charge in [-0.25, -0.2) is 14.5 Å². The molecule has 170 valence electrons. The van der Waals surface area contributed by atoms with Crippen molar-refractivity contribution in [3.05, 3.63) is 126 Å². The van der Waals surface area contributed by atoms with Crippen LogP contribution in [0.1, 0.15) is 41.4 Å². The van der Waals surface area contributed by atoms with Gasteiger partial charge >= 0.3 is 11.9 Å². The third kappa shape index (κ3) is 4.25. The smallest absolute Gasteiger partial charge is 0.268 e. The predicted octanol–water partition coefficient (Wildman–Crippen LogP) is 1.60. The number of hydrogen-bond acceptors (Lipinski definition) is 6. The Kier molecular flexibility index (Phi) is 5.56. The average Bonchev–Trinajstić information content (AvgIpc) is 3.15. The Balaban J connectivity index is 1.55. The number of pyridine rings is 2. The number of aromatic nitrogens is 2. The quantitative estimate of drug-likeness (QED) is 0.327. The minimum absolute atomic E-state index is 0.0359. The molecule has 35 heavy (non-hydrogen) atoms. The third-order valence-electron chi connectivity index (χ3n) is 5.19. The van der Waals surface area contributed by atoms with Crippen LogP contribution in [-0.2, 0) is 0 Å². The highest BCUT2D eigenvalue weighted by Crippen LogP contribution is 2.30. The van der Waals surface area contributed by atoms with E-state index in [9.17, 15) is 19.2 Å². The molecule has 3 heterocycles. The second kappa shape index (κ2) is 8.99. The van der Waals surface area contributed by atoms with Crippen LogP contribution >= 0.6 is 0 Å². The molecular weight excluding hydrogens is 450 g/mol. The van der Waals surface area contributed by atoms with Crippen molar-refractivity contribution in [1.29, 1.82) is 0 Å². The van der Waals surface area contributed by atoms with Crippen molar-refractivity contribution in [2.45, 2.75) is 0 Å². The van der Waals surface area contributed by atoms with E-state index < -0.39 is 23.8 Å². The van der Waals surface area contributed by atoms with Crippen LogP contribution in [0.3, 0.4) is 0 Å². The number of carbonyl (C=O) groups excluding carboxylic acids is 4. The van der Waals surface area contributed by atoms with Crippen LogP contribution < -0.4 is 24.0 Å². The van der Waals surface area contributed by atoms with Gasteiger partial charge < -0.3 is 0 Å². The van der Waals surface area contributed by atoms with Crippen molar-refractivity contribution < 1.29 is 38.3 Å². The van der Waals surface area contributed by atoms with Crippen molar-refractivity contribution in [3.8, 4) is 0 Å². The number of amides is 2. The van der Waals surface area contributed by atoms with Crippen molar-refractivity contribution in [2.24, 2.45) is 0 Å². The molecule has 0 saturated heterocycles. The van der Waals surface area contributed by atoms with Gasteiger partial charge in [0.1, 0.15) is 0 Å². The van der Waals surface area contributed by atoms with Gasteiger partial charge in [-0.05, 0) is 30.3 Å². The molecule has 9 heteroatoms. The van der Waals surface area contributed by atoms with Crippen LogP contribution in [0.5, 0.6) is 0 Å². The van der Waals surface area contributed by atoms with Gasteiger partial charge in [-0.2, -0.15) is 9.68 Å². The lowest BCUT2D eigenvalue weighted by molar-refractivity contribution is -0.868. The van der Waals surface area contributed by atoms with E-state index in [0.29, 0.717) is 0 Å². The molecular formula is C26H17N3O6+2. The molecule has 4 aromatic rings. The maximum atomic E-state index is 13.0. The molecule has 0 bridgehead atoms. The summed E-state index contributed by atoms with van der Waals surface area (Å²) in [5.41, 5.74) is 0.387. The summed E-state index contributed by atoms with van der Waals surface area (Å²) in [6.45, 7) is 0. The van der Waals surface area contributed by atoms with E-state index >= 15 is 0 Å². The van der Waals surface area contributed by atoms with Crippen LogP contribution in [-0.4, -0.2) is 23.8 Å². The Morgan fingerprint density at radius 2 is 1.03 bits per heavy atom. The van der Waals surface area contributed by atoms with Crippen LogP contribution in [0.4, 0.5) is 5.69 Å². The third-order valence-corrected chi connectivity index (χ3v) is 5.19. The summed E-state index contributed by atoms with van der Waals surface area (Å²) in [7, 11) is 0. The summed E-state index contributed by atoms with van der Waals surface area (Å²) in [4.78, 5) is 63.4. The molecule has 0 unspecified atom stereocenters. The topological polar surface area (TPSA) is 97.7 Å². The summed E-state index contributed by atoms with van der Waals surface area (Å²) in [5, 5.41) is 0. The van der Waals surface area contributed by atoms with Crippen molar-refractivity contribution in [2.75, 3.05) is 4.90 Å². The van der Waals surface area contributed by atoms with Gasteiger partial charge in [-0.15, -0.1) is 0 Å². The number of hydrogen-bond donors (Lipinski definition) is 0. The number of fused-ring (bicyclic) bond motifs is 1. The highest BCUT2D eigenvalue weighted by atomic mass is 16.7. The van der Waals surface area contributed by atoms with Gasteiger partial charge in [0.15, 0.2) is 0 Å². The molecule has 2 amide bonds. The van der Waals surface area contributed by atoms with Crippen molar-refractivity contribution >= 4 is 29.4 Å². The van der Waals surface area contributed by atoms with Crippen LogP contribution in [0.15, 0.2) is 104 Å². The van der Waals surface area contributed by atoms with Gasteiger partial charge in [0.05, 0.1) is 27.9 Å². The van der Waals surface area contributed by atoms with Gasteiger partial charge in [0.25, 0.3) is 11.8 Å². The lowest BCUT2D eigenvalue weighted by Gasteiger charge is -2.15. The second-order valence-corrected chi connectivity index (χ2v) is 7.49. The summed E-state index contributed by atoms with van der Waals surface area (Å²) >= 11 is 0. The zero-order valence-corrected chi connectivity index (χ0v) is 18.1. The molecule has 9 nitrogen and oxygen atoms in total. The minimum Gasteiger partial charge on any atom is -0.268 e. The molecule has 0 spiro atoms. The first-order chi connectivity index (χ1) is 17.0. The van der Waals surface area contributed by atoms with Crippen molar-refractivity contribution in [3.63, 3.8) is 0 Å². The average molecular weight is 467 g/mol.